The van der Waals surface area contributed by atoms with Gasteiger partial charge in [-0.25, -0.2) is 4.79 Å². The average molecular weight is 283 g/mol. The normalized spacial score (nSPS) is 11.9. The number of aliphatic carboxylic acids is 1. The number of benzene rings is 1. The lowest BCUT2D eigenvalue weighted by Crippen LogP contribution is -2.41. The topological polar surface area (TPSA) is 86.6 Å². The third-order valence-corrected chi connectivity index (χ3v) is 3.14. The molecule has 0 saturated carbocycles. The van der Waals surface area contributed by atoms with Crippen LogP contribution in [-0.4, -0.2) is 41.0 Å². The molecule has 19 heavy (non-hydrogen) atoms. The molecule has 0 spiro atoms. The van der Waals surface area contributed by atoms with Gasteiger partial charge in [-0.05, 0) is 24.0 Å². The molecule has 0 aliphatic carbocycles. The van der Waals surface area contributed by atoms with Crippen LogP contribution in [0.4, 0.5) is 0 Å². The smallest absolute Gasteiger partial charge is 0.326 e. The van der Waals surface area contributed by atoms with Gasteiger partial charge in [-0.15, -0.1) is 0 Å². The monoisotopic (exact) mass is 283 g/mol. The summed E-state index contributed by atoms with van der Waals surface area (Å²) in [6.07, 6.45) is 1.96. The van der Waals surface area contributed by atoms with Gasteiger partial charge in [0.25, 0.3) is 5.91 Å². The maximum Gasteiger partial charge on any atom is 0.326 e. The molecule has 104 valence electrons. The van der Waals surface area contributed by atoms with Gasteiger partial charge < -0.3 is 15.5 Å². The number of carboxylic acid groups (broad SMARTS) is 1. The van der Waals surface area contributed by atoms with Crippen LogP contribution in [-0.2, 0) is 10.5 Å². The van der Waals surface area contributed by atoms with Crippen molar-refractivity contribution in [1.29, 1.82) is 0 Å². The van der Waals surface area contributed by atoms with E-state index in [1.165, 1.54) is 0 Å². The number of hydrogen-bond acceptors (Lipinski definition) is 4. The first-order chi connectivity index (χ1) is 9.08. The van der Waals surface area contributed by atoms with E-state index in [1.54, 1.807) is 30.0 Å². The Morgan fingerprint density at radius 1 is 1.42 bits per heavy atom. The second kappa shape index (κ2) is 7.81. The predicted molar refractivity (Wildman–Crippen MR) is 74.3 cm³/mol. The number of rotatable bonds is 7. The molecule has 0 aliphatic rings. The summed E-state index contributed by atoms with van der Waals surface area (Å²) in [6.45, 7) is -0.288. The number of thioether (sulfide) groups is 1. The highest BCUT2D eigenvalue weighted by Crippen LogP contribution is 2.11. The summed E-state index contributed by atoms with van der Waals surface area (Å²) in [5, 5.41) is 20.1. The van der Waals surface area contributed by atoms with Gasteiger partial charge in [0.2, 0.25) is 0 Å². The van der Waals surface area contributed by atoms with Crippen molar-refractivity contribution in [2.24, 2.45) is 0 Å². The zero-order chi connectivity index (χ0) is 14.3. The summed E-state index contributed by atoms with van der Waals surface area (Å²) in [4.78, 5) is 22.8. The van der Waals surface area contributed by atoms with Gasteiger partial charge in [-0.1, -0.05) is 12.1 Å². The first-order valence-corrected chi connectivity index (χ1v) is 7.20. The molecule has 1 amide bonds. The van der Waals surface area contributed by atoms with E-state index < -0.39 is 17.9 Å². The van der Waals surface area contributed by atoms with Gasteiger partial charge >= 0.3 is 5.97 Å². The number of carbonyl (C=O) groups is 2. The van der Waals surface area contributed by atoms with Gasteiger partial charge in [0, 0.05) is 24.3 Å². The fraction of sp³-hybridized carbons (Fsp3) is 0.385. The minimum atomic E-state index is -1.15. The van der Waals surface area contributed by atoms with E-state index in [-0.39, 0.29) is 13.0 Å². The van der Waals surface area contributed by atoms with Crippen molar-refractivity contribution in [3.05, 3.63) is 35.4 Å². The molecule has 0 fully saturated rings. The van der Waals surface area contributed by atoms with Crippen LogP contribution in [0.15, 0.2) is 24.3 Å². The highest BCUT2D eigenvalue weighted by molar-refractivity contribution is 7.97. The standard InChI is InChI=1S/C13H17NO4S/c1-19-8-9-3-2-4-10(7-9)12(16)14-11(5-6-15)13(17)18/h2-4,7,11,15H,5-6,8H2,1H3,(H,14,16)(H,17,18). The Morgan fingerprint density at radius 3 is 2.74 bits per heavy atom. The lowest BCUT2D eigenvalue weighted by molar-refractivity contribution is -0.139. The summed E-state index contributed by atoms with van der Waals surface area (Å²) in [5.41, 5.74) is 1.44. The third kappa shape index (κ3) is 4.92. The maximum atomic E-state index is 11.9. The molecule has 5 nitrogen and oxygen atoms in total. The van der Waals surface area contributed by atoms with Gasteiger partial charge in [0.05, 0.1) is 0 Å². The first kappa shape index (κ1) is 15.5. The van der Waals surface area contributed by atoms with Crippen molar-refractivity contribution >= 4 is 23.6 Å². The molecule has 0 saturated heterocycles. The maximum absolute atomic E-state index is 11.9. The molecule has 1 aromatic carbocycles. The number of nitrogens with one attached hydrogen (secondary N) is 1. The summed E-state index contributed by atoms with van der Waals surface area (Å²) >= 11 is 1.64. The molecule has 1 rings (SSSR count). The number of carboxylic acids is 1. The van der Waals surface area contributed by atoms with Gasteiger partial charge in [0.1, 0.15) is 6.04 Å². The lowest BCUT2D eigenvalue weighted by atomic mass is 10.1. The van der Waals surface area contributed by atoms with E-state index in [0.717, 1.165) is 11.3 Å². The molecule has 1 atom stereocenters. The number of carbonyl (C=O) groups excluding carboxylic acids is 1. The van der Waals surface area contributed by atoms with E-state index >= 15 is 0 Å². The van der Waals surface area contributed by atoms with E-state index in [9.17, 15) is 9.59 Å². The van der Waals surface area contributed by atoms with Crippen molar-refractivity contribution in [2.45, 2.75) is 18.2 Å². The fourth-order valence-electron chi connectivity index (χ4n) is 1.60. The number of amides is 1. The van der Waals surface area contributed by atoms with Gasteiger partial charge in [0.15, 0.2) is 0 Å². The highest BCUT2D eigenvalue weighted by atomic mass is 32.2. The molecular formula is C13H17NO4S. The first-order valence-electron chi connectivity index (χ1n) is 5.81. The molecule has 3 N–H and O–H groups in total. The Kier molecular flexibility index (Phi) is 6.38. The van der Waals surface area contributed by atoms with Crippen LogP contribution in [0, 0.1) is 0 Å². The van der Waals surface area contributed by atoms with E-state index in [1.807, 2.05) is 12.3 Å². The number of hydrogen-bond donors (Lipinski definition) is 3. The SMILES string of the molecule is CSCc1cccc(C(=O)NC(CCO)C(=O)O)c1. The molecule has 6 heteroatoms. The van der Waals surface area contributed by atoms with E-state index in [4.69, 9.17) is 10.2 Å². The Morgan fingerprint density at radius 2 is 2.16 bits per heavy atom. The Hall–Kier alpha value is -1.53. The number of aliphatic hydroxyl groups excluding tert-OH is 1. The molecule has 0 heterocycles. The lowest BCUT2D eigenvalue weighted by Gasteiger charge is -2.13. The van der Waals surface area contributed by atoms with Crippen LogP contribution in [0.1, 0.15) is 22.3 Å². The van der Waals surface area contributed by atoms with E-state index in [2.05, 4.69) is 5.32 Å². The summed E-state index contributed by atoms with van der Waals surface area (Å²) in [7, 11) is 0. The van der Waals surface area contributed by atoms with Crippen LogP contribution >= 0.6 is 11.8 Å². The quantitative estimate of drug-likeness (QED) is 0.698. The fourth-order valence-corrected chi connectivity index (χ4v) is 2.11. The van der Waals surface area contributed by atoms with Crippen molar-refractivity contribution in [1.82, 2.24) is 5.32 Å². The number of aliphatic hydroxyl groups is 1. The summed E-state index contributed by atoms with van der Waals surface area (Å²) < 4.78 is 0. The third-order valence-electron chi connectivity index (χ3n) is 2.52. The Balaban J connectivity index is 2.76. The van der Waals surface area contributed by atoms with Crippen molar-refractivity contribution < 1.29 is 19.8 Å². The summed E-state index contributed by atoms with van der Waals surface area (Å²) in [5.74, 6) is -0.799. The van der Waals surface area contributed by atoms with Gasteiger partial charge in [-0.3, -0.25) is 4.79 Å². The van der Waals surface area contributed by atoms with Crippen molar-refractivity contribution in [3.8, 4) is 0 Å². The van der Waals surface area contributed by atoms with Crippen molar-refractivity contribution in [3.63, 3.8) is 0 Å². The van der Waals surface area contributed by atoms with Crippen LogP contribution in [0.5, 0.6) is 0 Å². The highest BCUT2D eigenvalue weighted by Gasteiger charge is 2.19. The average Bonchev–Trinajstić information content (AvgIpc) is 2.38. The zero-order valence-electron chi connectivity index (χ0n) is 10.6. The van der Waals surface area contributed by atoms with E-state index in [0.29, 0.717) is 5.56 Å². The van der Waals surface area contributed by atoms with Crippen LogP contribution in [0.3, 0.4) is 0 Å². The zero-order valence-corrected chi connectivity index (χ0v) is 11.4. The molecule has 0 aromatic heterocycles. The second-order valence-electron chi connectivity index (χ2n) is 4.01. The van der Waals surface area contributed by atoms with Crippen LogP contribution in [0.2, 0.25) is 0 Å². The minimum absolute atomic E-state index is 0.00836. The molecule has 1 aromatic rings. The molecular weight excluding hydrogens is 266 g/mol. The summed E-state index contributed by atoms with van der Waals surface area (Å²) in [6, 6.07) is 5.99. The van der Waals surface area contributed by atoms with Gasteiger partial charge in [-0.2, -0.15) is 11.8 Å². The Bertz CT molecular complexity index is 450. The molecule has 0 aliphatic heterocycles. The molecule has 1 unspecified atom stereocenters. The minimum Gasteiger partial charge on any atom is -0.480 e. The largest absolute Gasteiger partial charge is 0.480 e. The van der Waals surface area contributed by atoms with Crippen LogP contribution in [0.25, 0.3) is 0 Å². The molecule has 0 bridgehead atoms. The van der Waals surface area contributed by atoms with Crippen molar-refractivity contribution in [2.75, 3.05) is 12.9 Å². The molecule has 0 radical (unpaired) electrons. The Labute approximate surface area is 116 Å². The van der Waals surface area contributed by atoms with Crippen LogP contribution < -0.4 is 5.32 Å². The second-order valence-corrected chi connectivity index (χ2v) is 4.88. The predicted octanol–water partition coefficient (Wildman–Crippen LogP) is 1.12.